The van der Waals surface area contributed by atoms with Gasteiger partial charge in [0, 0.05) is 12.4 Å². The minimum atomic E-state index is -0.137. The molecule has 2 N–H and O–H groups in total. The average Bonchev–Trinajstić information content (AvgIpc) is 2.70. The van der Waals surface area contributed by atoms with Gasteiger partial charge in [0.05, 0.1) is 6.04 Å². The van der Waals surface area contributed by atoms with Crippen molar-refractivity contribution in [3.05, 3.63) is 35.4 Å². The van der Waals surface area contributed by atoms with Gasteiger partial charge in [-0.3, -0.25) is 0 Å². The molecule has 1 aliphatic carbocycles. The molecule has 0 saturated heterocycles. The van der Waals surface area contributed by atoms with Crippen molar-refractivity contribution in [1.29, 1.82) is 0 Å². The first-order chi connectivity index (χ1) is 7.81. The third-order valence-corrected chi connectivity index (χ3v) is 3.01. The van der Waals surface area contributed by atoms with Crippen LogP contribution in [0.4, 0.5) is 4.79 Å². The van der Waals surface area contributed by atoms with Gasteiger partial charge in [0.2, 0.25) is 0 Å². The van der Waals surface area contributed by atoms with Gasteiger partial charge in [0.1, 0.15) is 0 Å². The van der Waals surface area contributed by atoms with Gasteiger partial charge in [-0.05, 0) is 24.0 Å². The Kier molecular flexibility index (Phi) is 3.67. The molecule has 1 aromatic rings. The Morgan fingerprint density at radius 3 is 3.06 bits per heavy atom. The number of hydrogen-bond donors (Lipinski definition) is 2. The number of hydrogen-bond acceptors (Lipinski definition) is 1. The van der Waals surface area contributed by atoms with Crippen LogP contribution < -0.4 is 10.6 Å². The molecule has 0 unspecified atom stereocenters. The van der Waals surface area contributed by atoms with E-state index in [4.69, 9.17) is 11.6 Å². The SMILES string of the molecule is O=C(NCCCl)N[C@H]1CCc2ccccc21. The van der Waals surface area contributed by atoms with Crippen LogP contribution in [0, 0.1) is 0 Å². The van der Waals surface area contributed by atoms with Crippen LogP contribution in [0.25, 0.3) is 0 Å². The van der Waals surface area contributed by atoms with Crippen molar-refractivity contribution in [1.82, 2.24) is 10.6 Å². The standard InChI is InChI=1S/C12H15ClN2O/c13-7-8-14-12(16)15-11-6-5-9-3-1-2-4-10(9)11/h1-4,11H,5-8H2,(H2,14,15,16)/t11-/m0/s1. The van der Waals surface area contributed by atoms with Crippen molar-refractivity contribution >= 4 is 17.6 Å². The van der Waals surface area contributed by atoms with Crippen LogP contribution in [0.3, 0.4) is 0 Å². The van der Waals surface area contributed by atoms with Gasteiger partial charge in [0.25, 0.3) is 0 Å². The van der Waals surface area contributed by atoms with Crippen molar-refractivity contribution in [3.8, 4) is 0 Å². The highest BCUT2D eigenvalue weighted by atomic mass is 35.5. The molecule has 0 aromatic heterocycles. The molecule has 2 rings (SSSR count). The van der Waals surface area contributed by atoms with E-state index < -0.39 is 0 Å². The predicted molar refractivity (Wildman–Crippen MR) is 64.8 cm³/mol. The summed E-state index contributed by atoms with van der Waals surface area (Å²) >= 11 is 5.50. The zero-order valence-electron chi connectivity index (χ0n) is 9.00. The molecule has 0 radical (unpaired) electrons. The zero-order chi connectivity index (χ0) is 11.4. The Morgan fingerprint density at radius 1 is 1.44 bits per heavy atom. The highest BCUT2D eigenvalue weighted by Crippen LogP contribution is 2.30. The van der Waals surface area contributed by atoms with Gasteiger partial charge in [0.15, 0.2) is 0 Å². The van der Waals surface area contributed by atoms with E-state index in [1.807, 2.05) is 12.1 Å². The van der Waals surface area contributed by atoms with Crippen molar-refractivity contribution in [2.24, 2.45) is 0 Å². The number of benzene rings is 1. The number of carbonyl (C=O) groups excluding carboxylic acids is 1. The van der Waals surface area contributed by atoms with Crippen LogP contribution in [-0.2, 0) is 6.42 Å². The number of alkyl halides is 1. The Hall–Kier alpha value is -1.22. The number of amides is 2. The lowest BCUT2D eigenvalue weighted by molar-refractivity contribution is 0.237. The van der Waals surface area contributed by atoms with Gasteiger partial charge < -0.3 is 10.6 Å². The number of nitrogens with one attached hydrogen (secondary N) is 2. The topological polar surface area (TPSA) is 41.1 Å². The molecular formula is C12H15ClN2O. The van der Waals surface area contributed by atoms with Gasteiger partial charge in [-0.1, -0.05) is 24.3 Å². The van der Waals surface area contributed by atoms with E-state index in [-0.39, 0.29) is 12.1 Å². The Balaban J connectivity index is 1.95. The second-order valence-corrected chi connectivity index (χ2v) is 4.26. The van der Waals surface area contributed by atoms with Crippen molar-refractivity contribution in [2.75, 3.05) is 12.4 Å². The number of halogens is 1. The fraction of sp³-hybridized carbons (Fsp3) is 0.417. The fourth-order valence-corrected chi connectivity index (χ4v) is 2.17. The Morgan fingerprint density at radius 2 is 2.25 bits per heavy atom. The van der Waals surface area contributed by atoms with Crippen LogP contribution in [0.2, 0.25) is 0 Å². The third kappa shape index (κ3) is 2.47. The molecule has 0 saturated carbocycles. The average molecular weight is 239 g/mol. The first kappa shape index (κ1) is 11.3. The molecule has 0 fully saturated rings. The summed E-state index contributed by atoms with van der Waals surface area (Å²) in [5.74, 6) is 0.439. The Labute approximate surface area is 100 Å². The van der Waals surface area contributed by atoms with E-state index in [0.717, 1.165) is 12.8 Å². The van der Waals surface area contributed by atoms with E-state index in [9.17, 15) is 4.79 Å². The molecule has 0 aliphatic heterocycles. The summed E-state index contributed by atoms with van der Waals surface area (Å²) in [7, 11) is 0. The fourth-order valence-electron chi connectivity index (χ4n) is 2.08. The number of aryl methyl sites for hydroxylation is 1. The molecule has 0 spiro atoms. The maximum Gasteiger partial charge on any atom is 0.315 e. The lowest BCUT2D eigenvalue weighted by Gasteiger charge is -2.14. The zero-order valence-corrected chi connectivity index (χ0v) is 9.76. The molecule has 16 heavy (non-hydrogen) atoms. The highest BCUT2D eigenvalue weighted by Gasteiger charge is 2.22. The van der Waals surface area contributed by atoms with Crippen molar-refractivity contribution < 1.29 is 4.79 Å². The summed E-state index contributed by atoms with van der Waals surface area (Å²) < 4.78 is 0. The van der Waals surface area contributed by atoms with Gasteiger partial charge in [-0.25, -0.2) is 4.79 Å². The normalized spacial score (nSPS) is 17.9. The van der Waals surface area contributed by atoms with Gasteiger partial charge in [-0.15, -0.1) is 11.6 Å². The number of urea groups is 1. The quantitative estimate of drug-likeness (QED) is 0.779. The molecule has 0 bridgehead atoms. The van der Waals surface area contributed by atoms with Crippen LogP contribution in [0.5, 0.6) is 0 Å². The van der Waals surface area contributed by atoms with Crippen LogP contribution in [-0.4, -0.2) is 18.5 Å². The third-order valence-electron chi connectivity index (χ3n) is 2.82. The molecule has 1 atom stereocenters. The van der Waals surface area contributed by atoms with Crippen LogP contribution >= 0.6 is 11.6 Å². The number of carbonyl (C=O) groups is 1. The minimum absolute atomic E-state index is 0.137. The highest BCUT2D eigenvalue weighted by molar-refractivity contribution is 6.18. The van der Waals surface area contributed by atoms with Gasteiger partial charge in [-0.2, -0.15) is 0 Å². The van der Waals surface area contributed by atoms with E-state index in [1.165, 1.54) is 11.1 Å². The van der Waals surface area contributed by atoms with Crippen molar-refractivity contribution in [2.45, 2.75) is 18.9 Å². The van der Waals surface area contributed by atoms with Gasteiger partial charge >= 0.3 is 6.03 Å². The van der Waals surface area contributed by atoms with Crippen molar-refractivity contribution in [3.63, 3.8) is 0 Å². The minimum Gasteiger partial charge on any atom is -0.337 e. The van der Waals surface area contributed by atoms with E-state index in [1.54, 1.807) is 0 Å². The van der Waals surface area contributed by atoms with E-state index >= 15 is 0 Å². The summed E-state index contributed by atoms with van der Waals surface area (Å²) in [6.45, 7) is 0.502. The first-order valence-corrected chi connectivity index (χ1v) is 6.03. The summed E-state index contributed by atoms with van der Waals surface area (Å²) in [6.07, 6.45) is 2.02. The maximum absolute atomic E-state index is 11.5. The second-order valence-electron chi connectivity index (χ2n) is 3.88. The van der Waals surface area contributed by atoms with E-state index in [0.29, 0.717) is 12.4 Å². The second kappa shape index (κ2) is 5.21. The van der Waals surface area contributed by atoms with Crippen LogP contribution in [0.1, 0.15) is 23.6 Å². The summed E-state index contributed by atoms with van der Waals surface area (Å²) in [6, 6.07) is 8.25. The van der Waals surface area contributed by atoms with Crippen LogP contribution in [0.15, 0.2) is 24.3 Å². The molecule has 4 heteroatoms. The number of rotatable bonds is 3. The van der Waals surface area contributed by atoms with E-state index in [2.05, 4.69) is 22.8 Å². The maximum atomic E-state index is 11.5. The molecule has 0 heterocycles. The lowest BCUT2D eigenvalue weighted by atomic mass is 10.1. The summed E-state index contributed by atoms with van der Waals surface area (Å²) in [4.78, 5) is 11.5. The lowest BCUT2D eigenvalue weighted by Crippen LogP contribution is -2.38. The molecular weight excluding hydrogens is 224 g/mol. The molecule has 86 valence electrons. The smallest absolute Gasteiger partial charge is 0.315 e. The molecule has 1 aromatic carbocycles. The molecule has 1 aliphatic rings. The molecule has 3 nitrogen and oxygen atoms in total. The summed E-state index contributed by atoms with van der Waals surface area (Å²) in [5, 5.41) is 5.67. The first-order valence-electron chi connectivity index (χ1n) is 5.49. The largest absolute Gasteiger partial charge is 0.337 e. The molecule has 2 amide bonds. The monoisotopic (exact) mass is 238 g/mol. The number of fused-ring (bicyclic) bond motifs is 1. The Bertz CT molecular complexity index is 381. The summed E-state index contributed by atoms with van der Waals surface area (Å²) in [5.41, 5.74) is 2.58. The predicted octanol–water partition coefficient (Wildman–Crippen LogP) is 2.21.